The summed E-state index contributed by atoms with van der Waals surface area (Å²) in [6, 6.07) is 7.97. The number of rotatable bonds is 3. The molecule has 1 aliphatic carbocycles. The van der Waals surface area contributed by atoms with Crippen LogP contribution in [0.4, 0.5) is 0 Å². The lowest BCUT2D eigenvalue weighted by molar-refractivity contribution is -0.134. The molecule has 0 bridgehead atoms. The first-order chi connectivity index (χ1) is 10.0. The molecule has 1 aromatic carbocycles. The molecule has 0 aliphatic heterocycles. The van der Waals surface area contributed by atoms with Crippen molar-refractivity contribution >= 4 is 12.0 Å². The van der Waals surface area contributed by atoms with E-state index in [1.165, 1.54) is 11.6 Å². The normalized spacial score (nSPS) is 18.1. The molecule has 0 unspecified atom stereocenters. The van der Waals surface area contributed by atoms with E-state index in [1.807, 2.05) is 69.3 Å². The van der Waals surface area contributed by atoms with E-state index in [0.717, 1.165) is 11.1 Å². The highest BCUT2D eigenvalue weighted by Crippen LogP contribution is 2.19. The molecule has 2 nitrogen and oxygen atoms in total. The van der Waals surface area contributed by atoms with Crippen LogP contribution in [0.2, 0.25) is 0 Å². The fourth-order valence-electron chi connectivity index (χ4n) is 1.93. The van der Waals surface area contributed by atoms with Crippen LogP contribution in [0, 0.1) is 12.8 Å². The summed E-state index contributed by atoms with van der Waals surface area (Å²) >= 11 is 0. The van der Waals surface area contributed by atoms with Crippen LogP contribution in [-0.4, -0.2) is 5.97 Å². The highest BCUT2D eigenvalue weighted by molar-refractivity contribution is 5.87. The maximum absolute atomic E-state index is 11.9. The first-order valence-corrected chi connectivity index (χ1v) is 7.08. The Balaban J connectivity index is 2.01. The summed E-state index contributed by atoms with van der Waals surface area (Å²) in [5.41, 5.74) is 3.32. The average Bonchev–Trinajstić information content (AvgIpc) is 2.62. The molecule has 0 amide bonds. The first-order valence-electron chi connectivity index (χ1n) is 7.08. The number of allylic oxidation sites excluding steroid dienone is 5. The number of aryl methyl sites for hydroxylation is 1. The molecular formula is C19H20O2. The topological polar surface area (TPSA) is 26.3 Å². The fourth-order valence-corrected chi connectivity index (χ4v) is 1.93. The summed E-state index contributed by atoms with van der Waals surface area (Å²) in [6.45, 7) is 6.05. The molecule has 0 radical (unpaired) electrons. The Morgan fingerprint density at radius 3 is 2.57 bits per heavy atom. The summed E-state index contributed by atoms with van der Waals surface area (Å²) in [4.78, 5) is 11.9. The van der Waals surface area contributed by atoms with Crippen molar-refractivity contribution < 1.29 is 9.53 Å². The van der Waals surface area contributed by atoms with Crippen molar-refractivity contribution in [1.82, 2.24) is 0 Å². The van der Waals surface area contributed by atoms with Crippen LogP contribution in [0.15, 0.2) is 66.0 Å². The monoisotopic (exact) mass is 280 g/mol. The number of ether oxygens (including phenoxy) is 1. The molecule has 2 heteroatoms. The zero-order valence-electron chi connectivity index (χ0n) is 12.7. The minimum atomic E-state index is -0.352. The van der Waals surface area contributed by atoms with E-state index in [0.29, 0.717) is 5.76 Å². The molecule has 0 aromatic heterocycles. The van der Waals surface area contributed by atoms with E-state index >= 15 is 0 Å². The Labute approximate surface area is 126 Å². The Bertz CT molecular complexity index is 628. The molecule has 0 saturated heterocycles. The molecule has 21 heavy (non-hydrogen) atoms. The molecule has 1 aliphatic rings. The zero-order chi connectivity index (χ0) is 15.2. The van der Waals surface area contributed by atoms with Gasteiger partial charge in [0.2, 0.25) is 0 Å². The predicted octanol–water partition coefficient (Wildman–Crippen LogP) is 4.59. The van der Waals surface area contributed by atoms with Gasteiger partial charge in [-0.05, 0) is 31.6 Å². The van der Waals surface area contributed by atoms with Crippen molar-refractivity contribution in [3.05, 3.63) is 77.1 Å². The molecule has 0 N–H and O–H groups in total. The third-order valence-corrected chi connectivity index (χ3v) is 3.31. The van der Waals surface area contributed by atoms with Gasteiger partial charge in [0.1, 0.15) is 5.76 Å². The van der Waals surface area contributed by atoms with Gasteiger partial charge >= 0.3 is 5.97 Å². The van der Waals surface area contributed by atoms with E-state index in [9.17, 15) is 4.79 Å². The van der Waals surface area contributed by atoms with E-state index < -0.39 is 0 Å². The smallest absolute Gasteiger partial charge is 0.335 e. The number of carbonyl (C=O) groups is 1. The largest absolute Gasteiger partial charge is 0.427 e. The Morgan fingerprint density at radius 2 is 1.86 bits per heavy atom. The average molecular weight is 280 g/mol. The van der Waals surface area contributed by atoms with Gasteiger partial charge in [0.05, 0.1) is 0 Å². The van der Waals surface area contributed by atoms with Crippen molar-refractivity contribution in [2.24, 2.45) is 5.92 Å². The minimum Gasteiger partial charge on any atom is -0.427 e. The summed E-state index contributed by atoms with van der Waals surface area (Å²) in [5.74, 6) is 0.409. The third-order valence-electron chi connectivity index (χ3n) is 3.31. The van der Waals surface area contributed by atoms with Gasteiger partial charge in [-0.25, -0.2) is 4.79 Å². The second-order valence-corrected chi connectivity index (χ2v) is 5.29. The molecule has 2 rings (SSSR count). The van der Waals surface area contributed by atoms with Crippen LogP contribution < -0.4 is 0 Å². The number of benzene rings is 1. The Morgan fingerprint density at radius 1 is 1.14 bits per heavy atom. The standard InChI is InChI=1S/C19H20O2/c1-14-4-8-16(3)18(12-7-14)21-19(20)13-11-17-9-5-15(2)6-10-17/h4-13,16H,1-3H3/b13-11+/t16-/m1/s1. The van der Waals surface area contributed by atoms with E-state index in [2.05, 4.69) is 0 Å². The summed E-state index contributed by atoms with van der Waals surface area (Å²) < 4.78 is 5.42. The summed E-state index contributed by atoms with van der Waals surface area (Å²) in [5, 5.41) is 0. The maximum Gasteiger partial charge on any atom is 0.335 e. The highest BCUT2D eigenvalue weighted by Gasteiger charge is 2.11. The summed E-state index contributed by atoms with van der Waals surface area (Å²) in [6.07, 6.45) is 11.1. The third kappa shape index (κ3) is 4.60. The van der Waals surface area contributed by atoms with E-state index in [-0.39, 0.29) is 11.9 Å². The zero-order valence-corrected chi connectivity index (χ0v) is 12.7. The van der Waals surface area contributed by atoms with Gasteiger partial charge in [-0.3, -0.25) is 0 Å². The number of esters is 1. The Kier molecular flexibility index (Phi) is 4.94. The van der Waals surface area contributed by atoms with Crippen LogP contribution in [0.5, 0.6) is 0 Å². The van der Waals surface area contributed by atoms with Crippen LogP contribution >= 0.6 is 0 Å². The van der Waals surface area contributed by atoms with Gasteiger partial charge in [-0.1, -0.05) is 60.6 Å². The van der Waals surface area contributed by atoms with Crippen LogP contribution in [-0.2, 0) is 9.53 Å². The van der Waals surface area contributed by atoms with E-state index in [1.54, 1.807) is 6.08 Å². The molecule has 0 fully saturated rings. The first kappa shape index (κ1) is 15.0. The fraction of sp³-hybridized carbons (Fsp3) is 0.211. The number of carbonyl (C=O) groups excluding carboxylic acids is 1. The van der Waals surface area contributed by atoms with Crippen LogP contribution in [0.1, 0.15) is 25.0 Å². The molecule has 0 saturated carbocycles. The van der Waals surface area contributed by atoms with Gasteiger partial charge in [0.15, 0.2) is 0 Å². The van der Waals surface area contributed by atoms with Gasteiger partial charge in [-0.15, -0.1) is 0 Å². The molecule has 0 heterocycles. The van der Waals surface area contributed by atoms with Crippen LogP contribution in [0.3, 0.4) is 0 Å². The molecule has 1 atom stereocenters. The molecule has 108 valence electrons. The second-order valence-electron chi connectivity index (χ2n) is 5.29. The summed E-state index contributed by atoms with van der Waals surface area (Å²) in [7, 11) is 0. The maximum atomic E-state index is 11.9. The lowest BCUT2D eigenvalue weighted by Crippen LogP contribution is -2.06. The lowest BCUT2D eigenvalue weighted by atomic mass is 10.1. The van der Waals surface area contributed by atoms with Gasteiger partial charge in [0, 0.05) is 12.0 Å². The molecule has 1 aromatic rings. The SMILES string of the molecule is CC1=CC=C(OC(=O)/C=C/c2ccc(C)cc2)[C@H](C)C=C1. The number of hydrogen-bond donors (Lipinski definition) is 0. The van der Waals surface area contributed by atoms with E-state index in [4.69, 9.17) is 4.74 Å². The quantitative estimate of drug-likeness (QED) is 0.598. The highest BCUT2D eigenvalue weighted by atomic mass is 16.5. The minimum absolute atomic E-state index is 0.0930. The van der Waals surface area contributed by atoms with Crippen molar-refractivity contribution in [2.45, 2.75) is 20.8 Å². The van der Waals surface area contributed by atoms with Gasteiger partial charge in [-0.2, -0.15) is 0 Å². The van der Waals surface area contributed by atoms with Crippen LogP contribution in [0.25, 0.3) is 6.08 Å². The molecular weight excluding hydrogens is 260 g/mol. The van der Waals surface area contributed by atoms with Crippen molar-refractivity contribution in [3.63, 3.8) is 0 Å². The van der Waals surface area contributed by atoms with Gasteiger partial charge < -0.3 is 4.74 Å². The van der Waals surface area contributed by atoms with Crippen molar-refractivity contribution in [3.8, 4) is 0 Å². The van der Waals surface area contributed by atoms with Crippen molar-refractivity contribution in [1.29, 1.82) is 0 Å². The molecule has 0 spiro atoms. The lowest BCUT2D eigenvalue weighted by Gasteiger charge is -2.10. The van der Waals surface area contributed by atoms with Gasteiger partial charge in [0.25, 0.3) is 0 Å². The predicted molar refractivity (Wildman–Crippen MR) is 86.4 cm³/mol. The Hall–Kier alpha value is -2.35. The van der Waals surface area contributed by atoms with Crippen molar-refractivity contribution in [2.75, 3.05) is 0 Å². The number of hydrogen-bond acceptors (Lipinski definition) is 2. The second kappa shape index (κ2) is 6.89.